The Bertz CT molecular complexity index is 689. The molecule has 0 heterocycles. The maximum atomic E-state index is 5.58. The van der Waals surface area contributed by atoms with Gasteiger partial charge >= 0.3 is 0 Å². The Labute approximate surface area is 149 Å². The summed E-state index contributed by atoms with van der Waals surface area (Å²) in [6, 6.07) is 16.6. The average molecular weight is 340 g/mol. The van der Waals surface area contributed by atoms with Crippen LogP contribution in [0.25, 0.3) is 0 Å². The van der Waals surface area contributed by atoms with Crippen LogP contribution in [-0.4, -0.2) is 12.2 Å². The van der Waals surface area contributed by atoms with Gasteiger partial charge < -0.3 is 15.4 Å². The first-order valence-electron chi connectivity index (χ1n) is 8.42. The molecule has 1 aliphatic carbocycles. The first-order chi connectivity index (χ1) is 11.6. The Morgan fingerprint density at radius 3 is 2.21 bits per heavy atom. The van der Waals surface area contributed by atoms with Crippen LogP contribution in [-0.2, 0) is 5.54 Å². The molecule has 2 N–H and O–H groups in total. The van der Waals surface area contributed by atoms with Gasteiger partial charge in [-0.2, -0.15) is 0 Å². The van der Waals surface area contributed by atoms with E-state index in [9.17, 15) is 0 Å². The third-order valence-corrected chi connectivity index (χ3v) is 4.97. The molecule has 0 spiro atoms. The molecular weight excluding hydrogens is 316 g/mol. The summed E-state index contributed by atoms with van der Waals surface area (Å²) in [6.07, 6.45) is 4.68. The number of methoxy groups -OCH3 is 1. The number of nitrogens with one attached hydrogen (secondary N) is 2. The number of hydrogen-bond donors (Lipinski definition) is 2. The molecule has 2 aromatic rings. The largest absolute Gasteiger partial charge is 0.497 e. The first-order valence-corrected chi connectivity index (χ1v) is 8.82. The molecule has 4 heteroatoms. The van der Waals surface area contributed by atoms with Gasteiger partial charge in [-0.1, -0.05) is 42.7 Å². The van der Waals surface area contributed by atoms with Gasteiger partial charge in [0.15, 0.2) is 5.11 Å². The lowest BCUT2D eigenvalue weighted by molar-refractivity contribution is 0.408. The molecule has 1 saturated carbocycles. The lowest BCUT2D eigenvalue weighted by atomic mass is 9.88. The van der Waals surface area contributed by atoms with Gasteiger partial charge in [-0.3, -0.25) is 0 Å². The summed E-state index contributed by atoms with van der Waals surface area (Å²) in [5.74, 6) is 0.839. The summed E-state index contributed by atoms with van der Waals surface area (Å²) in [5.41, 5.74) is 3.52. The van der Waals surface area contributed by atoms with Crippen LogP contribution in [0.3, 0.4) is 0 Å². The predicted octanol–water partition coefficient (Wildman–Crippen LogP) is 4.76. The molecule has 0 aliphatic heterocycles. The highest BCUT2D eigenvalue weighted by Crippen LogP contribution is 2.38. The molecule has 0 bridgehead atoms. The van der Waals surface area contributed by atoms with E-state index < -0.39 is 0 Å². The van der Waals surface area contributed by atoms with Crippen molar-refractivity contribution in [3.63, 3.8) is 0 Å². The zero-order valence-electron chi connectivity index (χ0n) is 14.3. The van der Waals surface area contributed by atoms with E-state index in [1.165, 1.54) is 24.0 Å². The number of aryl methyl sites for hydroxylation is 1. The summed E-state index contributed by atoms with van der Waals surface area (Å²) in [7, 11) is 1.67. The number of anilines is 1. The van der Waals surface area contributed by atoms with Crippen molar-refractivity contribution in [2.45, 2.75) is 38.1 Å². The van der Waals surface area contributed by atoms with E-state index in [4.69, 9.17) is 17.0 Å². The molecule has 0 unspecified atom stereocenters. The quantitative estimate of drug-likeness (QED) is 0.786. The highest BCUT2D eigenvalue weighted by atomic mass is 32.1. The monoisotopic (exact) mass is 340 g/mol. The molecule has 0 radical (unpaired) electrons. The maximum Gasteiger partial charge on any atom is 0.171 e. The third kappa shape index (κ3) is 3.70. The van der Waals surface area contributed by atoms with Crippen LogP contribution in [0.4, 0.5) is 5.69 Å². The van der Waals surface area contributed by atoms with Crippen LogP contribution in [0.1, 0.15) is 36.8 Å². The number of thiocarbonyl (C=S) groups is 1. The minimum atomic E-state index is -0.0513. The van der Waals surface area contributed by atoms with E-state index >= 15 is 0 Å². The van der Waals surface area contributed by atoms with Gasteiger partial charge in [-0.15, -0.1) is 0 Å². The van der Waals surface area contributed by atoms with Crippen LogP contribution < -0.4 is 15.4 Å². The SMILES string of the molecule is COc1ccc(NC(=S)NC2(c3ccc(C)cc3)CCCC2)cc1. The second-order valence-electron chi connectivity index (χ2n) is 6.46. The van der Waals surface area contributed by atoms with Crippen LogP contribution >= 0.6 is 12.2 Å². The Kier molecular flexibility index (Phi) is 5.05. The highest BCUT2D eigenvalue weighted by Gasteiger charge is 2.36. The van der Waals surface area contributed by atoms with Gasteiger partial charge in [0.2, 0.25) is 0 Å². The average Bonchev–Trinajstić information content (AvgIpc) is 3.05. The van der Waals surface area contributed by atoms with Crippen LogP contribution in [0, 0.1) is 6.92 Å². The highest BCUT2D eigenvalue weighted by molar-refractivity contribution is 7.80. The fraction of sp³-hybridized carbons (Fsp3) is 0.350. The van der Waals surface area contributed by atoms with Crippen molar-refractivity contribution in [3.8, 4) is 5.75 Å². The molecule has 1 aliphatic rings. The van der Waals surface area contributed by atoms with Crippen LogP contribution in [0.15, 0.2) is 48.5 Å². The number of ether oxygens (including phenoxy) is 1. The lowest BCUT2D eigenvalue weighted by Gasteiger charge is -2.32. The van der Waals surface area contributed by atoms with Gasteiger partial charge in [-0.25, -0.2) is 0 Å². The molecule has 1 fully saturated rings. The molecule has 24 heavy (non-hydrogen) atoms. The van der Waals surface area contributed by atoms with E-state index in [1.54, 1.807) is 7.11 Å². The van der Waals surface area contributed by atoms with E-state index in [-0.39, 0.29) is 5.54 Å². The maximum absolute atomic E-state index is 5.58. The number of rotatable bonds is 4. The second-order valence-corrected chi connectivity index (χ2v) is 6.87. The van der Waals surface area contributed by atoms with E-state index in [0.717, 1.165) is 24.3 Å². The summed E-state index contributed by atoms with van der Waals surface area (Å²) in [6.45, 7) is 2.12. The molecular formula is C20H24N2OS. The molecule has 3 rings (SSSR count). The van der Waals surface area contributed by atoms with E-state index in [1.807, 2.05) is 24.3 Å². The van der Waals surface area contributed by atoms with Gasteiger partial charge in [0.05, 0.1) is 12.6 Å². The summed E-state index contributed by atoms with van der Waals surface area (Å²) in [4.78, 5) is 0. The Morgan fingerprint density at radius 1 is 1.00 bits per heavy atom. The lowest BCUT2D eigenvalue weighted by Crippen LogP contribution is -2.45. The number of hydrogen-bond acceptors (Lipinski definition) is 2. The minimum absolute atomic E-state index is 0.0513. The Morgan fingerprint density at radius 2 is 1.62 bits per heavy atom. The predicted molar refractivity (Wildman–Crippen MR) is 104 cm³/mol. The zero-order chi connectivity index (χ0) is 17.0. The Balaban J connectivity index is 1.73. The first kappa shape index (κ1) is 16.8. The standard InChI is InChI=1S/C20H24N2OS/c1-15-5-7-16(8-6-15)20(13-3-4-14-20)22-19(24)21-17-9-11-18(23-2)12-10-17/h5-12H,3-4,13-14H2,1-2H3,(H2,21,22,24). The molecule has 2 aromatic carbocycles. The fourth-order valence-electron chi connectivity index (χ4n) is 3.39. The topological polar surface area (TPSA) is 33.3 Å². The summed E-state index contributed by atoms with van der Waals surface area (Å²) in [5, 5.41) is 7.55. The van der Waals surface area contributed by atoms with Crippen molar-refractivity contribution >= 4 is 23.0 Å². The smallest absolute Gasteiger partial charge is 0.171 e. The van der Waals surface area contributed by atoms with Gasteiger partial charge in [-0.05, 0) is 61.8 Å². The van der Waals surface area contributed by atoms with Crippen molar-refractivity contribution in [1.82, 2.24) is 5.32 Å². The van der Waals surface area contributed by atoms with Crippen LogP contribution in [0.5, 0.6) is 5.75 Å². The van der Waals surface area contributed by atoms with E-state index in [0.29, 0.717) is 5.11 Å². The molecule has 0 saturated heterocycles. The zero-order valence-corrected chi connectivity index (χ0v) is 15.1. The molecule has 3 nitrogen and oxygen atoms in total. The van der Waals surface area contributed by atoms with Gasteiger partial charge in [0.1, 0.15) is 5.75 Å². The minimum Gasteiger partial charge on any atom is -0.497 e. The normalized spacial score (nSPS) is 15.8. The summed E-state index contributed by atoms with van der Waals surface area (Å²) < 4.78 is 5.19. The molecule has 0 atom stereocenters. The third-order valence-electron chi connectivity index (χ3n) is 4.76. The van der Waals surface area contributed by atoms with Crippen molar-refractivity contribution in [3.05, 3.63) is 59.7 Å². The van der Waals surface area contributed by atoms with E-state index in [2.05, 4.69) is 41.8 Å². The molecule has 126 valence electrons. The van der Waals surface area contributed by atoms with Crippen LogP contribution in [0.2, 0.25) is 0 Å². The van der Waals surface area contributed by atoms with Crippen molar-refractivity contribution < 1.29 is 4.74 Å². The van der Waals surface area contributed by atoms with Crippen molar-refractivity contribution in [2.24, 2.45) is 0 Å². The van der Waals surface area contributed by atoms with Crippen molar-refractivity contribution in [1.29, 1.82) is 0 Å². The van der Waals surface area contributed by atoms with Gasteiger partial charge in [0.25, 0.3) is 0 Å². The fourth-order valence-corrected chi connectivity index (χ4v) is 3.70. The van der Waals surface area contributed by atoms with Gasteiger partial charge in [0, 0.05) is 5.69 Å². The Hall–Kier alpha value is -2.07. The molecule has 0 amide bonds. The van der Waals surface area contributed by atoms with Crippen molar-refractivity contribution in [2.75, 3.05) is 12.4 Å². The second kappa shape index (κ2) is 7.22. The number of benzene rings is 2. The summed E-state index contributed by atoms with van der Waals surface area (Å²) >= 11 is 5.58. The molecule has 0 aromatic heterocycles.